The fraction of sp³-hybridized carbons (Fsp3) is 0.222. The molecule has 0 aromatic heterocycles. The number of methoxy groups -OCH3 is 1. The SMILES string of the molecule is COc1ccc(S(=O)(=O)NCc2ccc(Cl)cc2Cl)cc1N1C(=O)CCC1=O. The van der Waals surface area contributed by atoms with Gasteiger partial charge < -0.3 is 4.74 Å². The smallest absolute Gasteiger partial charge is 0.240 e. The number of hydrogen-bond donors (Lipinski definition) is 1. The summed E-state index contributed by atoms with van der Waals surface area (Å²) < 4.78 is 33.0. The van der Waals surface area contributed by atoms with Crippen LogP contribution in [0.15, 0.2) is 41.3 Å². The van der Waals surface area contributed by atoms with Crippen LogP contribution in [0.2, 0.25) is 10.0 Å². The summed E-state index contributed by atoms with van der Waals surface area (Å²) in [5.74, 6) is -0.583. The summed E-state index contributed by atoms with van der Waals surface area (Å²) in [5, 5.41) is 0.773. The summed E-state index contributed by atoms with van der Waals surface area (Å²) in [7, 11) is -2.57. The van der Waals surface area contributed by atoms with E-state index in [1.165, 1.54) is 31.4 Å². The van der Waals surface area contributed by atoms with Crippen molar-refractivity contribution in [2.75, 3.05) is 12.0 Å². The maximum Gasteiger partial charge on any atom is 0.240 e. The van der Waals surface area contributed by atoms with Crippen molar-refractivity contribution in [1.29, 1.82) is 0 Å². The Hall–Kier alpha value is -2.13. The molecule has 1 saturated heterocycles. The first kappa shape index (κ1) is 20.6. The molecule has 0 atom stereocenters. The van der Waals surface area contributed by atoms with Crippen molar-refractivity contribution < 1.29 is 22.7 Å². The molecule has 0 bridgehead atoms. The molecule has 0 spiro atoms. The fourth-order valence-electron chi connectivity index (χ4n) is 2.78. The third-order valence-electron chi connectivity index (χ3n) is 4.22. The molecule has 0 aliphatic carbocycles. The van der Waals surface area contributed by atoms with Crippen molar-refractivity contribution in [3.05, 3.63) is 52.0 Å². The van der Waals surface area contributed by atoms with Gasteiger partial charge in [-0.3, -0.25) is 9.59 Å². The molecule has 0 saturated carbocycles. The summed E-state index contributed by atoms with van der Waals surface area (Å²) in [6.45, 7) is -0.0543. The van der Waals surface area contributed by atoms with Crippen molar-refractivity contribution in [2.45, 2.75) is 24.3 Å². The summed E-state index contributed by atoms with van der Waals surface area (Å²) in [6, 6.07) is 8.72. The van der Waals surface area contributed by atoms with Gasteiger partial charge in [-0.2, -0.15) is 0 Å². The molecule has 1 N–H and O–H groups in total. The van der Waals surface area contributed by atoms with Crippen molar-refractivity contribution in [3.8, 4) is 5.75 Å². The quantitative estimate of drug-likeness (QED) is 0.693. The molecule has 28 heavy (non-hydrogen) atoms. The van der Waals surface area contributed by atoms with Crippen molar-refractivity contribution in [3.63, 3.8) is 0 Å². The van der Waals surface area contributed by atoms with Gasteiger partial charge in [-0.05, 0) is 35.9 Å². The summed E-state index contributed by atoms with van der Waals surface area (Å²) in [5.41, 5.74) is 0.649. The molecule has 1 aliphatic heterocycles. The molecular formula is C18H16Cl2N2O5S. The van der Waals surface area contributed by atoms with Crippen LogP contribution in [0.1, 0.15) is 18.4 Å². The number of carbonyl (C=O) groups excluding carboxylic acids is 2. The van der Waals surface area contributed by atoms with Crippen LogP contribution in [-0.4, -0.2) is 27.3 Å². The van der Waals surface area contributed by atoms with Gasteiger partial charge in [-0.1, -0.05) is 29.3 Å². The highest BCUT2D eigenvalue weighted by Gasteiger charge is 2.33. The summed E-state index contributed by atoms with van der Waals surface area (Å²) in [4.78, 5) is 24.9. The number of anilines is 1. The Morgan fingerprint density at radius 1 is 1.07 bits per heavy atom. The van der Waals surface area contributed by atoms with Gasteiger partial charge >= 0.3 is 0 Å². The third kappa shape index (κ3) is 4.15. The van der Waals surface area contributed by atoms with Gasteiger partial charge in [0.05, 0.1) is 17.7 Å². The topological polar surface area (TPSA) is 92.8 Å². The van der Waals surface area contributed by atoms with Gasteiger partial charge in [0.25, 0.3) is 0 Å². The van der Waals surface area contributed by atoms with E-state index in [0.717, 1.165) is 4.90 Å². The molecule has 2 aromatic rings. The lowest BCUT2D eigenvalue weighted by molar-refractivity contribution is -0.121. The van der Waals surface area contributed by atoms with E-state index >= 15 is 0 Å². The molecule has 10 heteroatoms. The molecule has 148 valence electrons. The molecule has 0 unspecified atom stereocenters. The summed E-state index contributed by atoms with van der Waals surface area (Å²) >= 11 is 11.9. The number of hydrogen-bond acceptors (Lipinski definition) is 5. The second-order valence-electron chi connectivity index (χ2n) is 6.02. The van der Waals surface area contributed by atoms with Crippen LogP contribution in [0.3, 0.4) is 0 Å². The molecular weight excluding hydrogens is 427 g/mol. The molecule has 1 aliphatic rings. The Labute approximate surface area is 172 Å². The van der Waals surface area contributed by atoms with Crippen molar-refractivity contribution in [2.24, 2.45) is 0 Å². The van der Waals surface area contributed by atoms with Gasteiger partial charge in [-0.15, -0.1) is 0 Å². The highest BCUT2D eigenvalue weighted by atomic mass is 35.5. The monoisotopic (exact) mass is 442 g/mol. The first-order valence-electron chi connectivity index (χ1n) is 8.20. The van der Waals surface area contributed by atoms with Crippen LogP contribution in [-0.2, 0) is 26.2 Å². The minimum Gasteiger partial charge on any atom is -0.495 e. The fourth-order valence-corrected chi connectivity index (χ4v) is 4.28. The van der Waals surface area contributed by atoms with Gasteiger partial charge in [0.1, 0.15) is 5.75 Å². The van der Waals surface area contributed by atoms with E-state index in [9.17, 15) is 18.0 Å². The second kappa shape index (κ2) is 8.08. The maximum absolute atomic E-state index is 12.7. The Balaban J connectivity index is 1.90. The lowest BCUT2D eigenvalue weighted by Gasteiger charge is -2.18. The number of rotatable bonds is 6. The minimum absolute atomic E-state index is 0.0543. The molecule has 3 rings (SSSR count). The lowest BCUT2D eigenvalue weighted by Crippen LogP contribution is -2.29. The van der Waals surface area contributed by atoms with Gasteiger partial charge in [0, 0.05) is 29.4 Å². The number of nitrogens with one attached hydrogen (secondary N) is 1. The summed E-state index contributed by atoms with van der Waals surface area (Å²) in [6.07, 6.45) is 0.151. The van der Waals surface area contributed by atoms with Crippen LogP contribution in [0, 0.1) is 0 Å². The Kier molecular flexibility index (Phi) is 5.95. The second-order valence-corrected chi connectivity index (χ2v) is 8.63. The van der Waals surface area contributed by atoms with Crippen LogP contribution in [0.25, 0.3) is 0 Å². The first-order chi connectivity index (χ1) is 13.2. The normalized spacial score (nSPS) is 14.6. The number of halogens is 2. The Bertz CT molecular complexity index is 1040. The van der Waals surface area contributed by atoms with E-state index in [1.54, 1.807) is 12.1 Å². The van der Waals surface area contributed by atoms with Crippen LogP contribution < -0.4 is 14.4 Å². The standard InChI is InChI=1S/C18H16Cl2N2O5S/c1-27-16-5-4-13(9-15(16)22-17(23)6-7-18(22)24)28(25,26)21-10-11-2-3-12(19)8-14(11)20/h2-5,8-9,21H,6-7,10H2,1H3. The number of nitrogens with zero attached hydrogens (tertiary/aromatic N) is 1. The van der Waals surface area contributed by atoms with E-state index < -0.39 is 21.8 Å². The van der Waals surface area contributed by atoms with Gasteiger partial charge in [0.2, 0.25) is 21.8 Å². The van der Waals surface area contributed by atoms with Crippen molar-refractivity contribution >= 4 is 50.7 Å². The van der Waals surface area contributed by atoms with Crippen LogP contribution >= 0.6 is 23.2 Å². The zero-order chi connectivity index (χ0) is 20.5. The zero-order valence-corrected chi connectivity index (χ0v) is 17.1. The number of sulfonamides is 1. The van der Waals surface area contributed by atoms with E-state index in [2.05, 4.69) is 4.72 Å². The Morgan fingerprint density at radius 2 is 1.75 bits per heavy atom. The highest BCUT2D eigenvalue weighted by molar-refractivity contribution is 7.89. The van der Waals surface area contributed by atoms with Crippen LogP contribution in [0.5, 0.6) is 5.75 Å². The number of amides is 2. The van der Waals surface area contributed by atoms with Gasteiger partial charge in [0.15, 0.2) is 0 Å². The molecule has 7 nitrogen and oxygen atoms in total. The van der Waals surface area contributed by atoms with Crippen molar-refractivity contribution in [1.82, 2.24) is 4.72 Å². The molecule has 2 aromatic carbocycles. The minimum atomic E-state index is -3.94. The molecule has 0 radical (unpaired) electrons. The van der Waals surface area contributed by atoms with E-state index in [1.807, 2.05) is 0 Å². The van der Waals surface area contributed by atoms with E-state index in [4.69, 9.17) is 27.9 Å². The number of benzene rings is 2. The van der Waals surface area contributed by atoms with E-state index in [0.29, 0.717) is 15.6 Å². The number of imide groups is 1. The average Bonchev–Trinajstić information content (AvgIpc) is 2.98. The number of carbonyl (C=O) groups is 2. The van der Waals surface area contributed by atoms with Gasteiger partial charge in [-0.25, -0.2) is 18.0 Å². The van der Waals surface area contributed by atoms with E-state index in [-0.39, 0.29) is 35.7 Å². The maximum atomic E-state index is 12.7. The predicted molar refractivity (Wildman–Crippen MR) is 105 cm³/mol. The Morgan fingerprint density at radius 3 is 2.36 bits per heavy atom. The third-order valence-corrected chi connectivity index (χ3v) is 6.21. The lowest BCUT2D eigenvalue weighted by atomic mass is 10.2. The predicted octanol–water partition coefficient (Wildman–Crippen LogP) is 3.13. The molecule has 1 heterocycles. The highest BCUT2D eigenvalue weighted by Crippen LogP contribution is 2.34. The molecule has 1 fully saturated rings. The molecule has 2 amide bonds. The van der Waals surface area contributed by atoms with Crippen LogP contribution in [0.4, 0.5) is 5.69 Å². The first-order valence-corrected chi connectivity index (χ1v) is 10.4. The zero-order valence-electron chi connectivity index (χ0n) is 14.7. The largest absolute Gasteiger partial charge is 0.495 e. The number of ether oxygens (including phenoxy) is 1. The average molecular weight is 443 g/mol.